The van der Waals surface area contributed by atoms with Gasteiger partial charge in [-0.25, -0.2) is 0 Å². The molecule has 2 aliphatic carbocycles. The second kappa shape index (κ2) is 10.7. The maximum Gasteiger partial charge on any atom is 0.230 e. The molecule has 1 heterocycles. The van der Waals surface area contributed by atoms with Crippen LogP contribution in [-0.2, 0) is 15.0 Å². The van der Waals surface area contributed by atoms with Crippen molar-refractivity contribution >= 4 is 11.8 Å². The Bertz CT molecular complexity index is 759. The van der Waals surface area contributed by atoms with Gasteiger partial charge in [0, 0.05) is 45.2 Å². The second-order valence-corrected chi connectivity index (χ2v) is 9.78. The molecule has 6 nitrogen and oxygen atoms in total. The lowest BCUT2D eigenvalue weighted by Gasteiger charge is -2.38. The van der Waals surface area contributed by atoms with Crippen molar-refractivity contribution in [2.75, 3.05) is 46.4 Å². The summed E-state index contributed by atoms with van der Waals surface area (Å²) in [6.07, 6.45) is 9.76. The van der Waals surface area contributed by atoms with Gasteiger partial charge in [-0.2, -0.15) is 0 Å². The van der Waals surface area contributed by atoms with E-state index in [0.717, 1.165) is 82.6 Å². The number of carbonyl (C=O) groups excluding carboxylic acids is 2. The van der Waals surface area contributed by atoms with Crippen molar-refractivity contribution in [2.24, 2.45) is 5.92 Å². The number of nitrogens with zero attached hydrogens (tertiary/aromatic N) is 2. The Morgan fingerprint density at radius 3 is 2.25 bits per heavy atom. The summed E-state index contributed by atoms with van der Waals surface area (Å²) in [6, 6.07) is 8.05. The Balaban J connectivity index is 1.27. The number of carbonyl (C=O) groups is 2. The number of amides is 2. The highest BCUT2D eigenvalue weighted by molar-refractivity contribution is 5.88. The van der Waals surface area contributed by atoms with E-state index in [0.29, 0.717) is 12.5 Å². The smallest absolute Gasteiger partial charge is 0.230 e. The number of rotatable bonds is 7. The van der Waals surface area contributed by atoms with E-state index in [-0.39, 0.29) is 11.8 Å². The molecule has 0 spiro atoms. The van der Waals surface area contributed by atoms with Crippen LogP contribution in [0.3, 0.4) is 0 Å². The molecule has 1 aromatic rings. The molecule has 2 saturated carbocycles. The Hall–Kier alpha value is -2.08. The summed E-state index contributed by atoms with van der Waals surface area (Å²) >= 11 is 0. The summed E-state index contributed by atoms with van der Waals surface area (Å²) in [5.41, 5.74) is 0.686. The van der Waals surface area contributed by atoms with E-state index in [1.807, 2.05) is 12.1 Å². The van der Waals surface area contributed by atoms with Crippen LogP contribution < -0.4 is 10.1 Å². The predicted molar refractivity (Wildman–Crippen MR) is 126 cm³/mol. The van der Waals surface area contributed by atoms with Crippen LogP contribution in [0.25, 0.3) is 0 Å². The fraction of sp³-hybridized carbons (Fsp3) is 0.692. The van der Waals surface area contributed by atoms with Gasteiger partial charge in [-0.1, -0.05) is 44.2 Å². The Labute approximate surface area is 192 Å². The van der Waals surface area contributed by atoms with Crippen LogP contribution >= 0.6 is 0 Å². The average Bonchev–Trinajstić information content (AvgIpc) is 3.39. The summed E-state index contributed by atoms with van der Waals surface area (Å²) in [7, 11) is 1.67. The normalized spacial score (nSPS) is 22.0. The van der Waals surface area contributed by atoms with Crippen molar-refractivity contribution in [3.63, 3.8) is 0 Å². The summed E-state index contributed by atoms with van der Waals surface area (Å²) in [5.74, 6) is 1.63. The Morgan fingerprint density at radius 2 is 1.62 bits per heavy atom. The maximum atomic E-state index is 13.4. The number of methoxy groups -OCH3 is 1. The largest absolute Gasteiger partial charge is 0.497 e. The number of hydrogen-bond acceptors (Lipinski definition) is 4. The van der Waals surface area contributed by atoms with Crippen LogP contribution in [0.2, 0.25) is 0 Å². The molecule has 0 aromatic heterocycles. The molecule has 0 unspecified atom stereocenters. The van der Waals surface area contributed by atoms with Crippen molar-refractivity contribution < 1.29 is 14.3 Å². The van der Waals surface area contributed by atoms with Crippen molar-refractivity contribution in [3.8, 4) is 5.75 Å². The zero-order valence-electron chi connectivity index (χ0n) is 19.6. The molecule has 0 bridgehead atoms. The molecular formula is C26H39N3O3. The Kier molecular flexibility index (Phi) is 7.71. The standard InChI is InChI=1S/C26H39N3O3/c1-32-23-11-9-22(10-12-23)26(13-5-2-6-14-26)25(31)27-15-16-28-17-19-29(20-18-28)24(30)21-7-3-4-8-21/h9-12,21H,2-8,13-20H2,1H3,(H,27,31). The molecule has 4 rings (SSSR count). The first kappa shape index (κ1) is 23.1. The number of benzene rings is 1. The second-order valence-electron chi connectivity index (χ2n) is 9.78. The van der Waals surface area contributed by atoms with Gasteiger partial charge in [-0.15, -0.1) is 0 Å². The van der Waals surface area contributed by atoms with Gasteiger partial charge in [-0.3, -0.25) is 14.5 Å². The fourth-order valence-electron chi connectivity index (χ4n) is 5.83. The van der Waals surface area contributed by atoms with E-state index in [4.69, 9.17) is 4.74 Å². The van der Waals surface area contributed by atoms with Crippen LogP contribution in [0.1, 0.15) is 63.4 Å². The van der Waals surface area contributed by atoms with Crippen molar-refractivity contribution in [2.45, 2.75) is 63.2 Å². The van der Waals surface area contributed by atoms with Crippen LogP contribution in [0.15, 0.2) is 24.3 Å². The van der Waals surface area contributed by atoms with E-state index in [1.54, 1.807) is 7.11 Å². The molecule has 2 amide bonds. The predicted octanol–water partition coefficient (Wildman–Crippen LogP) is 3.35. The quantitative estimate of drug-likeness (QED) is 0.705. The van der Waals surface area contributed by atoms with Crippen LogP contribution in [0.4, 0.5) is 0 Å². The molecule has 3 aliphatic rings. The van der Waals surface area contributed by atoms with Gasteiger partial charge in [-0.05, 0) is 43.4 Å². The first-order valence-electron chi connectivity index (χ1n) is 12.6. The third-order valence-electron chi connectivity index (χ3n) is 7.89. The summed E-state index contributed by atoms with van der Waals surface area (Å²) in [5, 5.41) is 3.25. The van der Waals surface area contributed by atoms with Gasteiger partial charge < -0.3 is 15.0 Å². The highest BCUT2D eigenvalue weighted by atomic mass is 16.5. The number of piperazine rings is 1. The summed E-state index contributed by atoms with van der Waals surface area (Å²) in [4.78, 5) is 30.5. The van der Waals surface area contributed by atoms with E-state index in [1.165, 1.54) is 19.3 Å². The van der Waals surface area contributed by atoms with Crippen molar-refractivity contribution in [3.05, 3.63) is 29.8 Å². The zero-order chi connectivity index (χ0) is 22.4. The lowest BCUT2D eigenvalue weighted by Crippen LogP contribution is -2.52. The first-order chi connectivity index (χ1) is 15.6. The molecule has 32 heavy (non-hydrogen) atoms. The topological polar surface area (TPSA) is 61.9 Å². The summed E-state index contributed by atoms with van der Waals surface area (Å²) < 4.78 is 5.30. The maximum absolute atomic E-state index is 13.4. The third kappa shape index (κ3) is 5.11. The molecule has 3 fully saturated rings. The van der Waals surface area contributed by atoms with Crippen molar-refractivity contribution in [1.29, 1.82) is 0 Å². The SMILES string of the molecule is COc1ccc(C2(C(=O)NCCN3CCN(C(=O)C4CCCC4)CC3)CCCCC2)cc1. The van der Waals surface area contributed by atoms with E-state index in [2.05, 4.69) is 27.2 Å². The van der Waals surface area contributed by atoms with Gasteiger partial charge in [0.25, 0.3) is 0 Å². The molecular weight excluding hydrogens is 402 g/mol. The van der Waals surface area contributed by atoms with E-state index in [9.17, 15) is 9.59 Å². The minimum atomic E-state index is -0.420. The lowest BCUT2D eigenvalue weighted by molar-refractivity contribution is -0.137. The fourth-order valence-corrected chi connectivity index (χ4v) is 5.83. The third-order valence-corrected chi connectivity index (χ3v) is 7.89. The number of ether oxygens (including phenoxy) is 1. The number of nitrogens with one attached hydrogen (secondary N) is 1. The van der Waals surface area contributed by atoms with Gasteiger partial charge in [0.2, 0.25) is 11.8 Å². The molecule has 1 N–H and O–H groups in total. The van der Waals surface area contributed by atoms with E-state index < -0.39 is 5.41 Å². The molecule has 1 saturated heterocycles. The molecule has 1 aliphatic heterocycles. The van der Waals surface area contributed by atoms with Gasteiger partial charge in [0.15, 0.2) is 0 Å². The van der Waals surface area contributed by atoms with Crippen molar-refractivity contribution in [1.82, 2.24) is 15.1 Å². The lowest BCUT2D eigenvalue weighted by atomic mass is 9.68. The van der Waals surface area contributed by atoms with Gasteiger partial charge in [0.05, 0.1) is 12.5 Å². The molecule has 6 heteroatoms. The van der Waals surface area contributed by atoms with Gasteiger partial charge >= 0.3 is 0 Å². The van der Waals surface area contributed by atoms with Crippen LogP contribution in [0, 0.1) is 5.92 Å². The van der Waals surface area contributed by atoms with E-state index >= 15 is 0 Å². The monoisotopic (exact) mass is 441 g/mol. The highest BCUT2D eigenvalue weighted by Crippen LogP contribution is 2.40. The molecule has 1 aromatic carbocycles. The highest BCUT2D eigenvalue weighted by Gasteiger charge is 2.41. The molecule has 176 valence electrons. The molecule has 0 radical (unpaired) electrons. The van der Waals surface area contributed by atoms with Crippen LogP contribution in [0.5, 0.6) is 5.75 Å². The minimum Gasteiger partial charge on any atom is -0.497 e. The minimum absolute atomic E-state index is 0.164. The zero-order valence-corrected chi connectivity index (χ0v) is 19.6. The average molecular weight is 442 g/mol. The number of hydrogen-bond donors (Lipinski definition) is 1. The molecule has 0 atom stereocenters. The Morgan fingerprint density at radius 1 is 0.969 bits per heavy atom. The van der Waals surface area contributed by atoms with Gasteiger partial charge in [0.1, 0.15) is 5.75 Å². The van der Waals surface area contributed by atoms with Crippen LogP contribution in [-0.4, -0.2) is 68.0 Å². The first-order valence-corrected chi connectivity index (χ1v) is 12.6. The summed E-state index contributed by atoms with van der Waals surface area (Å²) in [6.45, 7) is 4.94.